The van der Waals surface area contributed by atoms with E-state index >= 15 is 0 Å². The van der Waals surface area contributed by atoms with Crippen LogP contribution in [0.3, 0.4) is 0 Å². The third-order valence-corrected chi connectivity index (χ3v) is 2.33. The van der Waals surface area contributed by atoms with Crippen LogP contribution in [0, 0.1) is 6.61 Å². The summed E-state index contributed by atoms with van der Waals surface area (Å²) in [6, 6.07) is 5.21. The molecule has 1 rings (SSSR count). The molecule has 0 aliphatic carbocycles. The van der Waals surface area contributed by atoms with Crippen LogP contribution in [0.2, 0.25) is 5.02 Å². The maximum atomic E-state index is 8.55. The van der Waals surface area contributed by atoms with Gasteiger partial charge in [0.05, 0.1) is 5.02 Å². The van der Waals surface area contributed by atoms with E-state index in [4.69, 9.17) is 16.7 Å². The monoisotopic (exact) mass is 219 g/mol. The molecule has 1 nitrogen and oxygen atoms in total. The maximum Gasteiger partial charge on any atom is 0.109 e. The lowest BCUT2D eigenvalue weighted by Gasteiger charge is -1.97. The van der Waals surface area contributed by atoms with Crippen LogP contribution >= 0.6 is 27.5 Å². The molecule has 0 aliphatic heterocycles. The van der Waals surface area contributed by atoms with Crippen molar-refractivity contribution < 1.29 is 5.11 Å². The fraction of sp³-hybridized carbons (Fsp3) is 0. The molecule has 53 valence electrons. The Balaban J connectivity index is 3.04. The Morgan fingerprint density at radius 3 is 2.70 bits per heavy atom. The Hall–Kier alpha value is -0.0500. The van der Waals surface area contributed by atoms with Gasteiger partial charge in [0, 0.05) is 4.47 Å². The van der Waals surface area contributed by atoms with Gasteiger partial charge in [-0.25, -0.2) is 0 Å². The van der Waals surface area contributed by atoms with Crippen LogP contribution in [0.1, 0.15) is 5.56 Å². The summed E-state index contributed by atoms with van der Waals surface area (Å²) < 4.78 is 0.833. The molecule has 0 aromatic heterocycles. The molecule has 0 saturated carbocycles. The molecule has 3 heteroatoms. The van der Waals surface area contributed by atoms with Crippen molar-refractivity contribution in [3.05, 3.63) is 39.9 Å². The van der Waals surface area contributed by atoms with Gasteiger partial charge in [0.2, 0.25) is 0 Å². The second-order valence-electron chi connectivity index (χ2n) is 1.80. The number of aliphatic hydroxyl groups is 1. The van der Waals surface area contributed by atoms with E-state index in [1.54, 1.807) is 18.2 Å². The van der Waals surface area contributed by atoms with E-state index < -0.39 is 0 Å². The third kappa shape index (κ3) is 1.72. The first kappa shape index (κ1) is 8.05. The smallest absolute Gasteiger partial charge is 0.109 e. The minimum atomic E-state index is 0.600. The van der Waals surface area contributed by atoms with Gasteiger partial charge in [0.1, 0.15) is 6.61 Å². The summed E-state index contributed by atoms with van der Waals surface area (Å²) in [5.41, 5.74) is 0.702. The van der Waals surface area contributed by atoms with Crippen LogP contribution in [0.4, 0.5) is 0 Å². The lowest BCUT2D eigenvalue weighted by molar-refractivity contribution is 0.415. The molecule has 0 atom stereocenters. The first-order valence-electron chi connectivity index (χ1n) is 2.66. The fourth-order valence-corrected chi connectivity index (χ4v) is 1.03. The van der Waals surface area contributed by atoms with E-state index in [0.29, 0.717) is 10.6 Å². The Kier molecular flexibility index (Phi) is 2.72. The molecule has 0 heterocycles. The van der Waals surface area contributed by atoms with Gasteiger partial charge in [-0.1, -0.05) is 17.7 Å². The summed E-state index contributed by atoms with van der Waals surface area (Å²) in [4.78, 5) is 0. The van der Waals surface area contributed by atoms with Crippen molar-refractivity contribution in [3.63, 3.8) is 0 Å². The second kappa shape index (κ2) is 3.37. The van der Waals surface area contributed by atoms with Crippen LogP contribution < -0.4 is 0 Å². The molecule has 0 aliphatic rings. The van der Waals surface area contributed by atoms with E-state index in [2.05, 4.69) is 15.9 Å². The summed E-state index contributed by atoms with van der Waals surface area (Å²) >= 11 is 8.95. The Morgan fingerprint density at radius 2 is 2.20 bits per heavy atom. The standard InChI is InChI=1S/C7H5BrClO/c8-6-2-1-5(4-10)3-7(6)9/h1-4,10H. The SMILES string of the molecule is O[CH]c1ccc(Br)c(Cl)c1. The van der Waals surface area contributed by atoms with Gasteiger partial charge < -0.3 is 5.11 Å². The van der Waals surface area contributed by atoms with Gasteiger partial charge in [-0.2, -0.15) is 0 Å². The van der Waals surface area contributed by atoms with Gasteiger partial charge in [-0.05, 0) is 33.6 Å². The van der Waals surface area contributed by atoms with Crippen molar-refractivity contribution in [1.82, 2.24) is 0 Å². The van der Waals surface area contributed by atoms with E-state index in [9.17, 15) is 0 Å². The van der Waals surface area contributed by atoms with Crippen molar-refractivity contribution in [1.29, 1.82) is 0 Å². The van der Waals surface area contributed by atoms with Crippen LogP contribution in [0.25, 0.3) is 0 Å². The summed E-state index contributed by atoms with van der Waals surface area (Å²) in [5, 5.41) is 9.15. The predicted molar refractivity (Wildman–Crippen MR) is 44.5 cm³/mol. The van der Waals surface area contributed by atoms with Gasteiger partial charge in [-0.3, -0.25) is 0 Å². The average Bonchev–Trinajstić information content (AvgIpc) is 1.95. The number of hydrogen-bond donors (Lipinski definition) is 1. The summed E-state index contributed by atoms with van der Waals surface area (Å²) in [5.74, 6) is 0. The number of benzene rings is 1. The average molecular weight is 220 g/mol. The Labute approximate surface area is 72.8 Å². The first-order chi connectivity index (χ1) is 4.74. The molecule has 1 radical (unpaired) electrons. The largest absolute Gasteiger partial charge is 0.385 e. The zero-order valence-electron chi connectivity index (χ0n) is 5.01. The van der Waals surface area contributed by atoms with Crippen molar-refractivity contribution in [2.24, 2.45) is 0 Å². The molecular formula is C7H5BrClO. The topological polar surface area (TPSA) is 20.2 Å². The highest BCUT2D eigenvalue weighted by Crippen LogP contribution is 2.23. The van der Waals surface area contributed by atoms with Crippen LogP contribution in [0.15, 0.2) is 22.7 Å². The molecule has 0 saturated heterocycles. The zero-order valence-corrected chi connectivity index (χ0v) is 7.35. The van der Waals surface area contributed by atoms with Gasteiger partial charge in [0.15, 0.2) is 0 Å². The van der Waals surface area contributed by atoms with Crippen LogP contribution in [-0.2, 0) is 0 Å². The quantitative estimate of drug-likeness (QED) is 0.771. The first-order valence-corrected chi connectivity index (χ1v) is 3.83. The molecule has 0 bridgehead atoms. The molecule has 0 fully saturated rings. The Morgan fingerprint density at radius 1 is 1.50 bits per heavy atom. The zero-order chi connectivity index (χ0) is 7.56. The minimum absolute atomic E-state index is 0.600. The molecule has 0 spiro atoms. The van der Waals surface area contributed by atoms with Gasteiger partial charge in [0.25, 0.3) is 0 Å². The number of halogens is 2. The highest BCUT2D eigenvalue weighted by molar-refractivity contribution is 9.10. The molecule has 10 heavy (non-hydrogen) atoms. The van der Waals surface area contributed by atoms with E-state index in [0.717, 1.165) is 11.1 Å². The number of aliphatic hydroxyl groups excluding tert-OH is 1. The highest BCUT2D eigenvalue weighted by atomic mass is 79.9. The van der Waals surface area contributed by atoms with Gasteiger partial charge in [-0.15, -0.1) is 0 Å². The molecule has 1 N–H and O–H groups in total. The maximum absolute atomic E-state index is 8.55. The lowest BCUT2D eigenvalue weighted by atomic mass is 10.2. The third-order valence-electron chi connectivity index (χ3n) is 1.09. The second-order valence-corrected chi connectivity index (χ2v) is 3.06. The summed E-state index contributed by atoms with van der Waals surface area (Å²) in [6.45, 7) is 1.01. The van der Waals surface area contributed by atoms with E-state index in [1.807, 2.05) is 0 Å². The van der Waals surface area contributed by atoms with Gasteiger partial charge >= 0.3 is 0 Å². The van der Waals surface area contributed by atoms with Crippen molar-refractivity contribution >= 4 is 27.5 Å². The fourth-order valence-electron chi connectivity index (χ4n) is 0.593. The number of rotatable bonds is 1. The van der Waals surface area contributed by atoms with Crippen molar-refractivity contribution in [3.8, 4) is 0 Å². The molecule has 1 aromatic rings. The summed E-state index contributed by atoms with van der Waals surface area (Å²) in [6.07, 6.45) is 0. The molecule has 0 amide bonds. The summed E-state index contributed by atoms with van der Waals surface area (Å²) in [7, 11) is 0. The Bertz CT molecular complexity index is 237. The molecular weight excluding hydrogens is 215 g/mol. The van der Waals surface area contributed by atoms with Crippen LogP contribution in [0.5, 0.6) is 0 Å². The van der Waals surface area contributed by atoms with Crippen LogP contribution in [-0.4, -0.2) is 5.11 Å². The molecule has 0 unspecified atom stereocenters. The predicted octanol–water partition coefficient (Wildman–Crippen LogP) is 2.98. The highest BCUT2D eigenvalue weighted by Gasteiger charge is 1.96. The minimum Gasteiger partial charge on any atom is -0.385 e. The van der Waals surface area contributed by atoms with E-state index in [-0.39, 0.29) is 0 Å². The normalized spacial score (nSPS) is 9.90. The van der Waals surface area contributed by atoms with E-state index in [1.165, 1.54) is 0 Å². The number of hydrogen-bond acceptors (Lipinski definition) is 1. The lowest BCUT2D eigenvalue weighted by Crippen LogP contribution is -1.78. The van der Waals surface area contributed by atoms with Crippen molar-refractivity contribution in [2.75, 3.05) is 0 Å². The van der Waals surface area contributed by atoms with Crippen molar-refractivity contribution in [2.45, 2.75) is 0 Å². The molecule has 1 aromatic carbocycles.